The summed E-state index contributed by atoms with van der Waals surface area (Å²) in [5.41, 5.74) is -0.853. The smallest absolute Gasteiger partial charge is 0.303 e. The number of aliphatic hydroxyl groups is 2. The van der Waals surface area contributed by atoms with Crippen LogP contribution in [0.5, 0.6) is 0 Å². The van der Waals surface area contributed by atoms with Gasteiger partial charge in [-0.15, -0.1) is 0 Å². The van der Waals surface area contributed by atoms with E-state index in [-0.39, 0.29) is 36.2 Å². The normalized spacial score (nSPS) is 46.4. The van der Waals surface area contributed by atoms with Crippen molar-refractivity contribution in [3.63, 3.8) is 0 Å². The number of allylic oxidation sites excluding steroid dienone is 1. The molecule has 4 aliphatic rings. The molecule has 8 atom stereocenters. The number of ketones is 1. The molecule has 4 aliphatic carbocycles. The molecule has 8 unspecified atom stereocenters. The van der Waals surface area contributed by atoms with Gasteiger partial charge in [0, 0.05) is 25.9 Å². The predicted octanol–water partition coefficient (Wildman–Crippen LogP) is 3.19. The number of hydrogen-bond acceptors (Lipinski definition) is 6. The molecule has 0 amide bonds. The summed E-state index contributed by atoms with van der Waals surface area (Å²) < 4.78 is 10.7. The maximum atomic E-state index is 13.3. The van der Waals surface area contributed by atoms with E-state index in [1.807, 2.05) is 6.92 Å². The minimum atomic E-state index is -1.68. The highest BCUT2D eigenvalue weighted by Crippen LogP contribution is 2.67. The molecule has 3 fully saturated rings. The van der Waals surface area contributed by atoms with Crippen LogP contribution in [0.15, 0.2) is 11.6 Å². The van der Waals surface area contributed by atoms with Crippen molar-refractivity contribution in [1.82, 2.24) is 0 Å². The molecule has 6 nitrogen and oxygen atoms in total. The molecule has 3 saturated carbocycles. The summed E-state index contributed by atoms with van der Waals surface area (Å²) in [7, 11) is 1.54. The molecule has 0 aromatic carbocycles. The second-order valence-electron chi connectivity index (χ2n) is 10.9. The van der Waals surface area contributed by atoms with Crippen molar-refractivity contribution in [2.24, 2.45) is 28.6 Å². The lowest BCUT2D eigenvalue weighted by Gasteiger charge is -2.58. The second-order valence-corrected chi connectivity index (χ2v) is 10.9. The zero-order valence-corrected chi connectivity index (χ0v) is 19.4. The van der Waals surface area contributed by atoms with Crippen LogP contribution in [0.4, 0.5) is 0 Å². The van der Waals surface area contributed by atoms with Crippen molar-refractivity contribution < 1.29 is 29.3 Å². The van der Waals surface area contributed by atoms with Crippen molar-refractivity contribution >= 4 is 11.8 Å². The molecule has 0 bridgehead atoms. The number of esters is 1. The van der Waals surface area contributed by atoms with E-state index in [9.17, 15) is 19.8 Å². The van der Waals surface area contributed by atoms with E-state index < -0.39 is 23.1 Å². The van der Waals surface area contributed by atoms with Crippen LogP contribution >= 0.6 is 0 Å². The van der Waals surface area contributed by atoms with Crippen molar-refractivity contribution in [3.05, 3.63) is 11.6 Å². The van der Waals surface area contributed by atoms with E-state index in [2.05, 4.69) is 13.0 Å². The minimum absolute atomic E-state index is 0.0706. The van der Waals surface area contributed by atoms with Crippen LogP contribution in [0.2, 0.25) is 0 Å². The lowest BCUT2D eigenvalue weighted by atomic mass is 9.46. The molecule has 0 radical (unpaired) electrons. The lowest BCUT2D eigenvalue weighted by Crippen LogP contribution is -2.61. The molecular weight excluding hydrogens is 396 g/mol. The first-order valence-corrected chi connectivity index (χ1v) is 11.9. The molecule has 31 heavy (non-hydrogen) atoms. The molecule has 0 aliphatic heterocycles. The Morgan fingerprint density at radius 3 is 2.61 bits per heavy atom. The highest BCUT2D eigenvalue weighted by Gasteiger charge is 2.70. The molecule has 0 heterocycles. The summed E-state index contributed by atoms with van der Waals surface area (Å²) in [5.74, 6) is 0.176. The van der Waals surface area contributed by atoms with Gasteiger partial charge in [0.15, 0.2) is 11.4 Å². The molecule has 0 saturated heterocycles. The van der Waals surface area contributed by atoms with Crippen LogP contribution in [0.1, 0.15) is 72.1 Å². The van der Waals surface area contributed by atoms with E-state index >= 15 is 0 Å². The van der Waals surface area contributed by atoms with Gasteiger partial charge in [-0.1, -0.05) is 25.5 Å². The average Bonchev–Trinajstić information content (AvgIpc) is 2.94. The Hall–Kier alpha value is -1.24. The molecule has 0 aromatic heterocycles. The van der Waals surface area contributed by atoms with Crippen molar-refractivity contribution in [1.29, 1.82) is 0 Å². The first-order valence-electron chi connectivity index (χ1n) is 11.9. The van der Waals surface area contributed by atoms with E-state index in [4.69, 9.17) is 9.47 Å². The number of carbonyl (C=O) groups excluding carboxylic acids is 2. The molecule has 0 aromatic rings. The third-order valence-electron chi connectivity index (χ3n) is 9.54. The van der Waals surface area contributed by atoms with Crippen LogP contribution < -0.4 is 0 Å². The quantitative estimate of drug-likeness (QED) is 0.510. The Morgan fingerprint density at radius 2 is 1.94 bits per heavy atom. The summed E-state index contributed by atoms with van der Waals surface area (Å²) in [6, 6.07) is 0. The van der Waals surface area contributed by atoms with Gasteiger partial charge in [0.25, 0.3) is 0 Å². The monoisotopic (exact) mass is 434 g/mol. The Balaban J connectivity index is 1.70. The summed E-state index contributed by atoms with van der Waals surface area (Å²) in [5, 5.41) is 22.1. The van der Waals surface area contributed by atoms with Gasteiger partial charge in [-0.3, -0.25) is 9.59 Å². The fraction of sp³-hybridized carbons (Fsp3) is 0.840. The van der Waals surface area contributed by atoms with Crippen LogP contribution in [-0.2, 0) is 19.1 Å². The van der Waals surface area contributed by atoms with Gasteiger partial charge in [0.1, 0.15) is 6.10 Å². The van der Waals surface area contributed by atoms with Gasteiger partial charge >= 0.3 is 5.97 Å². The average molecular weight is 435 g/mol. The van der Waals surface area contributed by atoms with Crippen LogP contribution in [0, 0.1) is 28.6 Å². The zero-order valence-electron chi connectivity index (χ0n) is 19.4. The van der Waals surface area contributed by atoms with Gasteiger partial charge in [-0.2, -0.15) is 0 Å². The third-order valence-corrected chi connectivity index (χ3v) is 9.54. The van der Waals surface area contributed by atoms with Crippen molar-refractivity contribution in [2.45, 2.75) is 89.9 Å². The Bertz CT molecular complexity index is 776. The van der Waals surface area contributed by atoms with Gasteiger partial charge in [0.05, 0.1) is 12.7 Å². The predicted molar refractivity (Wildman–Crippen MR) is 115 cm³/mol. The lowest BCUT2D eigenvalue weighted by molar-refractivity contribution is -0.186. The van der Waals surface area contributed by atoms with E-state index in [0.29, 0.717) is 18.3 Å². The number of Topliss-reactive ketones (excluding diaryl/α,β-unsaturated/α-hetero) is 1. The van der Waals surface area contributed by atoms with Crippen molar-refractivity contribution in [3.8, 4) is 0 Å². The van der Waals surface area contributed by atoms with Gasteiger partial charge in [0.2, 0.25) is 0 Å². The zero-order chi connectivity index (χ0) is 22.6. The molecular formula is C25H38O6. The largest absolute Gasteiger partial charge is 0.459 e. The first-order chi connectivity index (χ1) is 14.6. The number of ether oxygens (including phenoxy) is 2. The summed E-state index contributed by atoms with van der Waals surface area (Å²) >= 11 is 0. The Morgan fingerprint density at radius 1 is 1.19 bits per heavy atom. The molecule has 6 heteroatoms. The van der Waals surface area contributed by atoms with Gasteiger partial charge in [-0.05, 0) is 68.1 Å². The molecule has 0 spiro atoms. The Kier molecular flexibility index (Phi) is 5.89. The SMILES string of the molecule is COCCC(=O)C1(O)C(OC(C)=O)CC2C3CC=C4CC(O)CCC4(C)C3CCC21C. The maximum absolute atomic E-state index is 13.3. The Labute approximate surface area is 185 Å². The van der Waals surface area contributed by atoms with Gasteiger partial charge in [-0.25, -0.2) is 0 Å². The van der Waals surface area contributed by atoms with E-state index in [1.165, 1.54) is 12.5 Å². The molecule has 4 rings (SSSR count). The van der Waals surface area contributed by atoms with Crippen molar-refractivity contribution in [2.75, 3.05) is 13.7 Å². The standard InChI is InChI=1S/C25H38O6/c1-15(26)31-22-14-20-18-6-5-16-13-17(27)7-10-23(16,2)19(18)8-11-24(20,3)25(22,29)21(28)9-12-30-4/h5,17-20,22,27,29H,6-14H2,1-4H3. The highest BCUT2D eigenvalue weighted by molar-refractivity contribution is 5.90. The number of aliphatic hydroxyl groups excluding tert-OH is 1. The van der Waals surface area contributed by atoms with Crippen LogP contribution in [0.3, 0.4) is 0 Å². The minimum Gasteiger partial charge on any atom is -0.459 e. The maximum Gasteiger partial charge on any atom is 0.303 e. The van der Waals surface area contributed by atoms with Crippen LogP contribution in [-0.4, -0.2) is 53.5 Å². The summed E-state index contributed by atoms with van der Waals surface area (Å²) in [6.07, 6.45) is 7.04. The summed E-state index contributed by atoms with van der Waals surface area (Å²) in [6.45, 7) is 5.97. The number of fused-ring (bicyclic) bond motifs is 5. The first kappa shape index (κ1) is 22.9. The second kappa shape index (κ2) is 7.96. The molecule has 174 valence electrons. The van der Waals surface area contributed by atoms with Gasteiger partial charge < -0.3 is 19.7 Å². The highest BCUT2D eigenvalue weighted by atomic mass is 16.6. The fourth-order valence-electron chi connectivity index (χ4n) is 7.86. The number of hydrogen-bond donors (Lipinski definition) is 2. The van der Waals surface area contributed by atoms with E-state index in [0.717, 1.165) is 38.5 Å². The molecule has 2 N–H and O–H groups in total. The van der Waals surface area contributed by atoms with E-state index in [1.54, 1.807) is 7.11 Å². The van der Waals surface area contributed by atoms with Crippen LogP contribution in [0.25, 0.3) is 0 Å². The fourth-order valence-corrected chi connectivity index (χ4v) is 7.86. The number of rotatable bonds is 5. The summed E-state index contributed by atoms with van der Waals surface area (Å²) in [4.78, 5) is 25.2. The number of methoxy groups -OCH3 is 1. The third kappa shape index (κ3) is 3.32. The topological polar surface area (TPSA) is 93.1 Å². The number of carbonyl (C=O) groups is 2.